The topological polar surface area (TPSA) is 63.9 Å². The van der Waals surface area contributed by atoms with E-state index in [2.05, 4.69) is 26.2 Å². The van der Waals surface area contributed by atoms with Crippen molar-refractivity contribution in [2.45, 2.75) is 0 Å². The van der Waals surface area contributed by atoms with Crippen LogP contribution in [0.5, 0.6) is 0 Å². The fourth-order valence-corrected chi connectivity index (χ4v) is 2.91. The number of fused-ring (bicyclic) bond motifs is 1. The summed E-state index contributed by atoms with van der Waals surface area (Å²) in [5.41, 5.74) is 3.87. The van der Waals surface area contributed by atoms with Gasteiger partial charge in [0.15, 0.2) is 5.52 Å². The third-order valence-electron chi connectivity index (χ3n) is 4.05. The minimum Gasteiger partial charge on any atom is -0.378 e. The lowest BCUT2D eigenvalue weighted by atomic mass is 10.2. The Kier molecular flexibility index (Phi) is 3.36. The average Bonchev–Trinajstić information content (AvgIpc) is 3.04. The summed E-state index contributed by atoms with van der Waals surface area (Å²) in [6.45, 7) is 6.56. The van der Waals surface area contributed by atoms with Gasteiger partial charge in [0.25, 0.3) is 0 Å². The first-order valence-corrected chi connectivity index (χ1v) is 7.33. The van der Waals surface area contributed by atoms with Crippen LogP contribution in [0.1, 0.15) is 0 Å². The van der Waals surface area contributed by atoms with E-state index in [-0.39, 0.29) is 0 Å². The first kappa shape index (κ1) is 12.8. The second kappa shape index (κ2) is 5.50. The largest absolute Gasteiger partial charge is 0.378 e. The van der Waals surface area contributed by atoms with E-state index in [1.165, 1.54) is 0 Å². The molecule has 2 fully saturated rings. The number of aromatic nitrogens is 2. The molecule has 0 unspecified atom stereocenters. The SMILES string of the molecule is c1c(N2CCOCC2)cc2nonc2c1N1CCOCC1. The molecule has 3 heterocycles. The molecule has 2 aliphatic heterocycles. The second-order valence-corrected chi connectivity index (χ2v) is 5.30. The van der Waals surface area contributed by atoms with Gasteiger partial charge in [-0.25, -0.2) is 4.63 Å². The van der Waals surface area contributed by atoms with E-state index >= 15 is 0 Å². The molecule has 112 valence electrons. The third-order valence-corrected chi connectivity index (χ3v) is 4.05. The summed E-state index contributed by atoms with van der Waals surface area (Å²) in [6, 6.07) is 4.23. The summed E-state index contributed by atoms with van der Waals surface area (Å²) >= 11 is 0. The van der Waals surface area contributed by atoms with E-state index < -0.39 is 0 Å². The highest BCUT2D eigenvalue weighted by Gasteiger charge is 2.20. The van der Waals surface area contributed by atoms with Crippen molar-refractivity contribution in [1.29, 1.82) is 0 Å². The van der Waals surface area contributed by atoms with Crippen molar-refractivity contribution < 1.29 is 14.1 Å². The van der Waals surface area contributed by atoms with Crippen molar-refractivity contribution in [3.63, 3.8) is 0 Å². The lowest BCUT2D eigenvalue weighted by Gasteiger charge is -2.32. The maximum atomic E-state index is 5.43. The molecule has 0 atom stereocenters. The number of rotatable bonds is 2. The van der Waals surface area contributed by atoms with Crippen molar-refractivity contribution in [2.24, 2.45) is 0 Å². The van der Waals surface area contributed by atoms with Crippen molar-refractivity contribution in [2.75, 3.05) is 62.4 Å². The van der Waals surface area contributed by atoms with Gasteiger partial charge in [0.1, 0.15) is 5.52 Å². The number of hydrogen-bond acceptors (Lipinski definition) is 7. The van der Waals surface area contributed by atoms with Gasteiger partial charge in [0.05, 0.1) is 32.1 Å². The first-order valence-electron chi connectivity index (χ1n) is 7.33. The zero-order valence-electron chi connectivity index (χ0n) is 11.8. The maximum Gasteiger partial charge on any atom is 0.158 e. The lowest BCUT2D eigenvalue weighted by molar-refractivity contribution is 0.122. The van der Waals surface area contributed by atoms with Gasteiger partial charge in [0, 0.05) is 31.9 Å². The van der Waals surface area contributed by atoms with E-state index in [0.717, 1.165) is 75.0 Å². The minimum absolute atomic E-state index is 0.745. The fourth-order valence-electron chi connectivity index (χ4n) is 2.91. The normalized spacial score (nSPS) is 20.2. The van der Waals surface area contributed by atoms with Gasteiger partial charge in [-0.2, -0.15) is 0 Å². The van der Waals surface area contributed by atoms with Crippen LogP contribution in [0.25, 0.3) is 11.0 Å². The summed E-state index contributed by atoms with van der Waals surface area (Å²) in [7, 11) is 0. The zero-order valence-corrected chi connectivity index (χ0v) is 11.8. The average molecular weight is 290 g/mol. The predicted octanol–water partition coefficient (Wildman–Crippen LogP) is 0.896. The molecule has 1 aromatic carbocycles. The first-order chi connectivity index (χ1) is 10.4. The van der Waals surface area contributed by atoms with Gasteiger partial charge in [0.2, 0.25) is 0 Å². The number of benzene rings is 1. The van der Waals surface area contributed by atoms with Crippen molar-refractivity contribution >= 4 is 22.4 Å². The molecule has 0 N–H and O–H groups in total. The Morgan fingerprint density at radius 2 is 1.48 bits per heavy atom. The molecule has 2 aliphatic rings. The quantitative estimate of drug-likeness (QED) is 0.814. The fraction of sp³-hybridized carbons (Fsp3) is 0.571. The standard InChI is InChI=1S/C14H18N4O3/c1-5-19-6-2-17(1)11-9-12-14(16-21-15-12)13(10-11)18-3-7-20-8-4-18/h9-10H,1-8H2. The number of hydrogen-bond donors (Lipinski definition) is 0. The molecule has 2 aromatic rings. The molecule has 0 bridgehead atoms. The molecule has 0 spiro atoms. The Bertz CT molecular complexity index is 618. The van der Waals surface area contributed by atoms with Crippen LogP contribution < -0.4 is 9.80 Å². The third kappa shape index (κ3) is 2.43. The molecule has 21 heavy (non-hydrogen) atoms. The Balaban J connectivity index is 1.74. The molecular formula is C14H18N4O3. The van der Waals surface area contributed by atoms with Gasteiger partial charge in [-0.15, -0.1) is 0 Å². The molecule has 0 radical (unpaired) electrons. The molecule has 4 rings (SSSR count). The lowest BCUT2D eigenvalue weighted by Crippen LogP contribution is -2.38. The van der Waals surface area contributed by atoms with Crippen molar-refractivity contribution in [1.82, 2.24) is 10.3 Å². The Morgan fingerprint density at radius 3 is 2.19 bits per heavy atom. The number of morpholine rings is 2. The summed E-state index contributed by atoms with van der Waals surface area (Å²) in [6.07, 6.45) is 0. The summed E-state index contributed by atoms with van der Waals surface area (Å²) in [5.74, 6) is 0. The van der Waals surface area contributed by atoms with Crippen LogP contribution in [0.3, 0.4) is 0 Å². The molecule has 7 nitrogen and oxygen atoms in total. The van der Waals surface area contributed by atoms with Crippen molar-refractivity contribution in [3.05, 3.63) is 12.1 Å². The highest BCUT2D eigenvalue weighted by Crippen LogP contribution is 2.31. The Hall–Kier alpha value is -1.86. The molecule has 7 heteroatoms. The predicted molar refractivity (Wildman–Crippen MR) is 77.9 cm³/mol. The van der Waals surface area contributed by atoms with Gasteiger partial charge < -0.3 is 19.3 Å². The minimum atomic E-state index is 0.745. The van der Waals surface area contributed by atoms with E-state index in [4.69, 9.17) is 14.1 Å². The van der Waals surface area contributed by atoms with Crippen LogP contribution in [-0.4, -0.2) is 62.9 Å². The second-order valence-electron chi connectivity index (χ2n) is 5.30. The van der Waals surface area contributed by atoms with E-state index in [0.29, 0.717) is 0 Å². The molecule has 0 saturated carbocycles. The maximum absolute atomic E-state index is 5.43. The van der Waals surface area contributed by atoms with E-state index in [9.17, 15) is 0 Å². The van der Waals surface area contributed by atoms with Crippen LogP contribution in [-0.2, 0) is 9.47 Å². The van der Waals surface area contributed by atoms with Crippen LogP contribution in [0.15, 0.2) is 16.8 Å². The van der Waals surface area contributed by atoms with Gasteiger partial charge in [-0.05, 0) is 22.4 Å². The number of nitrogens with zero attached hydrogens (tertiary/aromatic N) is 4. The highest BCUT2D eigenvalue weighted by molar-refractivity contribution is 5.91. The summed E-state index contributed by atoms with van der Waals surface area (Å²) < 4.78 is 15.8. The number of anilines is 2. The van der Waals surface area contributed by atoms with Crippen LogP contribution in [0.2, 0.25) is 0 Å². The van der Waals surface area contributed by atoms with Gasteiger partial charge in [-0.3, -0.25) is 0 Å². The molecule has 1 aromatic heterocycles. The molecular weight excluding hydrogens is 272 g/mol. The monoisotopic (exact) mass is 290 g/mol. The number of ether oxygens (including phenoxy) is 2. The summed E-state index contributed by atoms with van der Waals surface area (Å²) in [4.78, 5) is 4.61. The highest BCUT2D eigenvalue weighted by atomic mass is 16.6. The van der Waals surface area contributed by atoms with Crippen LogP contribution in [0.4, 0.5) is 11.4 Å². The van der Waals surface area contributed by atoms with Crippen LogP contribution in [0, 0.1) is 0 Å². The van der Waals surface area contributed by atoms with Crippen molar-refractivity contribution in [3.8, 4) is 0 Å². The summed E-state index contributed by atoms with van der Waals surface area (Å²) in [5, 5.41) is 8.10. The molecule has 0 aliphatic carbocycles. The molecule has 0 amide bonds. The van der Waals surface area contributed by atoms with Gasteiger partial charge in [-0.1, -0.05) is 0 Å². The molecule has 2 saturated heterocycles. The smallest absolute Gasteiger partial charge is 0.158 e. The van der Waals surface area contributed by atoms with E-state index in [1.807, 2.05) is 6.07 Å². The van der Waals surface area contributed by atoms with Gasteiger partial charge >= 0.3 is 0 Å². The zero-order chi connectivity index (χ0) is 14.1. The Morgan fingerprint density at radius 1 is 0.810 bits per heavy atom. The Labute approximate surface area is 122 Å². The van der Waals surface area contributed by atoms with Crippen LogP contribution >= 0.6 is 0 Å². The van der Waals surface area contributed by atoms with E-state index in [1.54, 1.807) is 0 Å².